The fourth-order valence-electron chi connectivity index (χ4n) is 2.21. The van der Waals surface area contributed by atoms with Crippen molar-refractivity contribution in [1.82, 2.24) is 0 Å². The molecule has 0 spiro atoms. The van der Waals surface area contributed by atoms with Gasteiger partial charge in [-0.15, -0.1) is 0 Å². The maximum atomic E-state index is 12.3. The summed E-state index contributed by atoms with van der Waals surface area (Å²) in [6.45, 7) is 6.63. The molecule has 0 aliphatic carbocycles. The summed E-state index contributed by atoms with van der Waals surface area (Å²) in [7, 11) is 0. The third-order valence-electron chi connectivity index (χ3n) is 3.75. The van der Waals surface area contributed by atoms with Gasteiger partial charge in [-0.3, -0.25) is 14.9 Å². The number of aryl methyl sites for hydroxylation is 1. The molecule has 0 aliphatic heterocycles. The number of benzene rings is 2. The Bertz CT molecular complexity index is 755. The largest absolute Gasteiger partial charge is 0.494 e. The Hall–Kier alpha value is -2.89. The SMILES string of the molecule is Cc1cc([N+](=O)[O-])ccc1NC(=O)c1ccc(OCCC(C)C)cc1. The second-order valence-corrected chi connectivity index (χ2v) is 6.27. The molecule has 0 saturated heterocycles. The lowest BCUT2D eigenvalue weighted by molar-refractivity contribution is -0.384. The molecule has 132 valence electrons. The summed E-state index contributed by atoms with van der Waals surface area (Å²) in [6, 6.07) is 11.3. The summed E-state index contributed by atoms with van der Waals surface area (Å²) in [5, 5.41) is 13.5. The lowest BCUT2D eigenvalue weighted by Crippen LogP contribution is -2.12. The van der Waals surface area contributed by atoms with Crippen LogP contribution in [-0.4, -0.2) is 17.4 Å². The van der Waals surface area contributed by atoms with Crippen molar-refractivity contribution in [3.05, 3.63) is 63.7 Å². The van der Waals surface area contributed by atoms with E-state index in [4.69, 9.17) is 4.74 Å². The van der Waals surface area contributed by atoms with E-state index in [1.54, 1.807) is 31.2 Å². The second kappa shape index (κ2) is 8.28. The first-order chi connectivity index (χ1) is 11.9. The third-order valence-corrected chi connectivity index (χ3v) is 3.75. The number of non-ortho nitro benzene ring substituents is 1. The molecule has 2 aromatic carbocycles. The minimum atomic E-state index is -0.462. The van der Waals surface area contributed by atoms with Gasteiger partial charge in [-0.1, -0.05) is 13.8 Å². The van der Waals surface area contributed by atoms with Crippen molar-refractivity contribution < 1.29 is 14.5 Å². The van der Waals surface area contributed by atoms with Crippen LogP contribution in [0.4, 0.5) is 11.4 Å². The minimum Gasteiger partial charge on any atom is -0.494 e. The van der Waals surface area contributed by atoms with Gasteiger partial charge in [0, 0.05) is 23.4 Å². The normalized spacial score (nSPS) is 10.6. The molecule has 25 heavy (non-hydrogen) atoms. The van der Waals surface area contributed by atoms with Crippen molar-refractivity contribution in [3.8, 4) is 5.75 Å². The van der Waals surface area contributed by atoms with Crippen LogP contribution in [0.1, 0.15) is 36.2 Å². The number of ether oxygens (including phenoxy) is 1. The van der Waals surface area contributed by atoms with Crippen LogP contribution in [0.15, 0.2) is 42.5 Å². The number of anilines is 1. The van der Waals surface area contributed by atoms with E-state index in [2.05, 4.69) is 19.2 Å². The van der Waals surface area contributed by atoms with Crippen molar-refractivity contribution in [2.45, 2.75) is 27.2 Å². The number of nitro benzene ring substituents is 1. The zero-order valence-corrected chi connectivity index (χ0v) is 14.6. The summed E-state index contributed by atoms with van der Waals surface area (Å²) in [4.78, 5) is 22.6. The van der Waals surface area contributed by atoms with Gasteiger partial charge in [0.05, 0.1) is 11.5 Å². The molecule has 6 nitrogen and oxygen atoms in total. The van der Waals surface area contributed by atoms with Gasteiger partial charge in [-0.2, -0.15) is 0 Å². The summed E-state index contributed by atoms with van der Waals surface area (Å²) < 4.78 is 5.63. The first-order valence-corrected chi connectivity index (χ1v) is 8.16. The molecule has 0 heterocycles. The smallest absolute Gasteiger partial charge is 0.269 e. The van der Waals surface area contributed by atoms with E-state index in [0.29, 0.717) is 29.3 Å². The molecule has 0 aromatic heterocycles. The van der Waals surface area contributed by atoms with E-state index in [1.165, 1.54) is 18.2 Å². The quantitative estimate of drug-likeness (QED) is 0.590. The number of hydrogen-bond donors (Lipinski definition) is 1. The van der Waals surface area contributed by atoms with Gasteiger partial charge in [-0.25, -0.2) is 0 Å². The number of nitrogens with zero attached hydrogens (tertiary/aromatic N) is 1. The fraction of sp³-hybridized carbons (Fsp3) is 0.316. The van der Waals surface area contributed by atoms with Gasteiger partial charge in [0.2, 0.25) is 0 Å². The Kier molecular flexibility index (Phi) is 6.11. The molecule has 0 fully saturated rings. The molecule has 0 bridgehead atoms. The van der Waals surface area contributed by atoms with Gasteiger partial charge in [0.25, 0.3) is 11.6 Å². The molecule has 2 aromatic rings. The Morgan fingerprint density at radius 1 is 1.20 bits per heavy atom. The van der Waals surface area contributed by atoms with E-state index >= 15 is 0 Å². The van der Waals surface area contributed by atoms with Crippen LogP contribution in [0.2, 0.25) is 0 Å². The van der Waals surface area contributed by atoms with Crippen LogP contribution < -0.4 is 10.1 Å². The van der Waals surface area contributed by atoms with Gasteiger partial charge < -0.3 is 10.1 Å². The highest BCUT2D eigenvalue weighted by molar-refractivity contribution is 6.04. The van der Waals surface area contributed by atoms with Crippen LogP contribution in [-0.2, 0) is 0 Å². The van der Waals surface area contributed by atoms with E-state index < -0.39 is 4.92 Å². The number of carbonyl (C=O) groups is 1. The van der Waals surface area contributed by atoms with Crippen LogP contribution in [0.5, 0.6) is 5.75 Å². The number of carbonyl (C=O) groups excluding carboxylic acids is 1. The van der Waals surface area contributed by atoms with Gasteiger partial charge in [0.1, 0.15) is 5.75 Å². The monoisotopic (exact) mass is 342 g/mol. The maximum Gasteiger partial charge on any atom is 0.269 e. The Morgan fingerprint density at radius 3 is 2.44 bits per heavy atom. The Balaban J connectivity index is 2.00. The topological polar surface area (TPSA) is 81.5 Å². The molecular weight excluding hydrogens is 320 g/mol. The number of hydrogen-bond acceptors (Lipinski definition) is 4. The molecule has 6 heteroatoms. The summed E-state index contributed by atoms with van der Waals surface area (Å²) in [6.07, 6.45) is 0.974. The van der Waals surface area contributed by atoms with Crippen molar-refractivity contribution in [2.24, 2.45) is 5.92 Å². The molecule has 0 unspecified atom stereocenters. The molecule has 1 N–H and O–H groups in total. The Morgan fingerprint density at radius 2 is 1.88 bits per heavy atom. The first-order valence-electron chi connectivity index (χ1n) is 8.16. The highest BCUT2D eigenvalue weighted by Gasteiger charge is 2.11. The summed E-state index contributed by atoms with van der Waals surface area (Å²) >= 11 is 0. The number of nitro groups is 1. The van der Waals surface area contributed by atoms with Gasteiger partial charge >= 0.3 is 0 Å². The molecule has 0 saturated carbocycles. The standard InChI is InChI=1S/C19H22N2O4/c1-13(2)10-11-25-17-7-4-15(5-8-17)19(22)20-18-9-6-16(21(23)24)12-14(18)3/h4-9,12-13H,10-11H2,1-3H3,(H,20,22). The predicted octanol–water partition coefficient (Wildman–Crippen LogP) is 4.58. The molecule has 0 radical (unpaired) electrons. The number of nitrogens with one attached hydrogen (secondary N) is 1. The van der Waals surface area contributed by atoms with E-state index in [9.17, 15) is 14.9 Å². The molecular formula is C19H22N2O4. The average Bonchev–Trinajstić information content (AvgIpc) is 2.56. The minimum absolute atomic E-state index is 0.00148. The third kappa shape index (κ3) is 5.31. The molecule has 2 rings (SSSR count). The van der Waals surface area contributed by atoms with Crippen molar-refractivity contribution in [1.29, 1.82) is 0 Å². The molecule has 0 aliphatic rings. The summed E-state index contributed by atoms with van der Waals surface area (Å²) in [5.41, 5.74) is 1.68. The fourth-order valence-corrected chi connectivity index (χ4v) is 2.21. The average molecular weight is 342 g/mol. The highest BCUT2D eigenvalue weighted by atomic mass is 16.6. The van der Waals surface area contributed by atoms with Gasteiger partial charge in [0.15, 0.2) is 0 Å². The van der Waals surface area contributed by atoms with Crippen molar-refractivity contribution in [2.75, 3.05) is 11.9 Å². The van der Waals surface area contributed by atoms with Crippen LogP contribution in [0.25, 0.3) is 0 Å². The second-order valence-electron chi connectivity index (χ2n) is 6.27. The van der Waals surface area contributed by atoms with Gasteiger partial charge in [-0.05, 0) is 55.2 Å². The van der Waals surface area contributed by atoms with E-state index in [1.807, 2.05) is 0 Å². The van der Waals surface area contributed by atoms with Crippen molar-refractivity contribution >= 4 is 17.3 Å². The van der Waals surface area contributed by atoms with E-state index in [0.717, 1.165) is 12.2 Å². The first kappa shape index (κ1) is 18.4. The summed E-state index contributed by atoms with van der Waals surface area (Å²) in [5.74, 6) is 1.03. The molecule has 1 amide bonds. The van der Waals surface area contributed by atoms with Crippen LogP contribution in [0.3, 0.4) is 0 Å². The van der Waals surface area contributed by atoms with Crippen LogP contribution >= 0.6 is 0 Å². The van der Waals surface area contributed by atoms with Crippen molar-refractivity contribution in [3.63, 3.8) is 0 Å². The lowest BCUT2D eigenvalue weighted by Gasteiger charge is -2.10. The predicted molar refractivity (Wildman–Crippen MR) is 97.2 cm³/mol. The number of rotatable bonds is 7. The number of amides is 1. The zero-order chi connectivity index (χ0) is 18.4. The van der Waals surface area contributed by atoms with E-state index in [-0.39, 0.29) is 11.6 Å². The highest BCUT2D eigenvalue weighted by Crippen LogP contribution is 2.22. The van der Waals surface area contributed by atoms with Crippen LogP contribution in [0, 0.1) is 23.0 Å². The maximum absolute atomic E-state index is 12.3. The Labute approximate surface area is 147 Å². The lowest BCUT2D eigenvalue weighted by atomic mass is 10.1. The zero-order valence-electron chi connectivity index (χ0n) is 14.6. The molecule has 0 atom stereocenters.